The van der Waals surface area contributed by atoms with E-state index in [0.29, 0.717) is 18.4 Å². The maximum Gasteiger partial charge on any atom is 0.309 e. The van der Waals surface area contributed by atoms with Gasteiger partial charge in [0.05, 0.1) is 12.5 Å². The molecule has 0 aliphatic rings. The number of ether oxygens (including phenoxy) is 1. The van der Waals surface area contributed by atoms with Gasteiger partial charge in [0.2, 0.25) is 0 Å². The van der Waals surface area contributed by atoms with E-state index in [9.17, 15) is 4.79 Å². The first-order valence-corrected chi connectivity index (χ1v) is 4.67. The molecule has 0 heterocycles. The summed E-state index contributed by atoms with van der Waals surface area (Å²) in [7, 11) is 0. The summed E-state index contributed by atoms with van der Waals surface area (Å²) in [5.41, 5.74) is 0. The Kier molecular flexibility index (Phi) is 7.92. The smallest absolute Gasteiger partial charge is 0.309 e. The van der Waals surface area contributed by atoms with Gasteiger partial charge in [-0.25, -0.2) is 0 Å². The standard InChI is InChI=1S/C10H20O2.H3N/c1-6-12-10(11)9(7(2)3)8(4)5;/h7-9H,6H2,1-5H3;1H3. The van der Waals surface area contributed by atoms with Crippen molar-refractivity contribution in [2.24, 2.45) is 17.8 Å². The van der Waals surface area contributed by atoms with Crippen molar-refractivity contribution < 1.29 is 9.53 Å². The van der Waals surface area contributed by atoms with Crippen molar-refractivity contribution in [2.75, 3.05) is 6.61 Å². The number of esters is 1. The zero-order valence-electron chi connectivity index (χ0n) is 9.46. The third-order valence-electron chi connectivity index (χ3n) is 2.00. The fraction of sp³-hybridized carbons (Fsp3) is 0.900. The maximum absolute atomic E-state index is 11.4. The second-order valence-electron chi connectivity index (χ2n) is 3.77. The number of carbonyl (C=O) groups excluding carboxylic acids is 1. The topological polar surface area (TPSA) is 61.3 Å². The highest BCUT2D eigenvalue weighted by Crippen LogP contribution is 2.21. The third-order valence-corrected chi connectivity index (χ3v) is 2.00. The molecule has 0 aromatic rings. The highest BCUT2D eigenvalue weighted by Gasteiger charge is 2.26. The van der Waals surface area contributed by atoms with Crippen LogP contribution in [0.3, 0.4) is 0 Å². The van der Waals surface area contributed by atoms with Crippen molar-refractivity contribution in [3.8, 4) is 0 Å². The van der Waals surface area contributed by atoms with Crippen LogP contribution in [-0.4, -0.2) is 12.6 Å². The Morgan fingerprint density at radius 1 is 1.15 bits per heavy atom. The molecule has 0 unspecified atom stereocenters. The molecule has 13 heavy (non-hydrogen) atoms. The Morgan fingerprint density at radius 2 is 1.54 bits per heavy atom. The van der Waals surface area contributed by atoms with Gasteiger partial charge in [0, 0.05) is 0 Å². The monoisotopic (exact) mass is 189 g/mol. The Bertz CT molecular complexity index is 136. The molecule has 0 radical (unpaired) electrons. The Labute approximate surface area is 81.4 Å². The van der Waals surface area contributed by atoms with Crippen molar-refractivity contribution in [2.45, 2.75) is 34.6 Å². The van der Waals surface area contributed by atoms with E-state index in [1.165, 1.54) is 0 Å². The zero-order valence-corrected chi connectivity index (χ0v) is 9.46. The van der Waals surface area contributed by atoms with Crippen molar-refractivity contribution in [3.05, 3.63) is 0 Å². The minimum absolute atomic E-state index is 0. The first-order valence-electron chi connectivity index (χ1n) is 4.67. The van der Waals surface area contributed by atoms with Crippen LogP contribution < -0.4 is 6.15 Å². The van der Waals surface area contributed by atoms with Crippen LogP contribution in [0.4, 0.5) is 0 Å². The van der Waals surface area contributed by atoms with E-state index in [0.717, 1.165) is 0 Å². The summed E-state index contributed by atoms with van der Waals surface area (Å²) in [5.74, 6) is 0.723. The van der Waals surface area contributed by atoms with Gasteiger partial charge in [-0.05, 0) is 18.8 Å². The van der Waals surface area contributed by atoms with E-state index < -0.39 is 0 Å². The molecular formula is C10H23NO2. The van der Waals surface area contributed by atoms with Gasteiger partial charge in [0.25, 0.3) is 0 Å². The quantitative estimate of drug-likeness (QED) is 0.691. The van der Waals surface area contributed by atoms with Gasteiger partial charge in [0.15, 0.2) is 0 Å². The molecule has 0 saturated carbocycles. The second kappa shape index (κ2) is 6.89. The van der Waals surface area contributed by atoms with Crippen LogP contribution in [0, 0.1) is 17.8 Å². The van der Waals surface area contributed by atoms with Gasteiger partial charge in [-0.2, -0.15) is 0 Å². The van der Waals surface area contributed by atoms with Crippen molar-refractivity contribution in [1.82, 2.24) is 6.15 Å². The molecule has 0 aromatic carbocycles. The molecule has 0 saturated heterocycles. The fourth-order valence-electron chi connectivity index (χ4n) is 1.55. The van der Waals surface area contributed by atoms with Crippen molar-refractivity contribution in [1.29, 1.82) is 0 Å². The van der Waals surface area contributed by atoms with Gasteiger partial charge < -0.3 is 10.9 Å². The highest BCUT2D eigenvalue weighted by molar-refractivity contribution is 5.72. The average Bonchev–Trinajstić information content (AvgIpc) is 1.85. The third kappa shape index (κ3) is 4.88. The predicted molar refractivity (Wildman–Crippen MR) is 54.8 cm³/mol. The van der Waals surface area contributed by atoms with Crippen molar-refractivity contribution in [3.63, 3.8) is 0 Å². The molecule has 3 heteroatoms. The lowest BCUT2D eigenvalue weighted by Gasteiger charge is -2.22. The van der Waals surface area contributed by atoms with Crippen LogP contribution in [0.2, 0.25) is 0 Å². The summed E-state index contributed by atoms with van der Waals surface area (Å²) >= 11 is 0. The molecule has 0 aliphatic heterocycles. The molecule has 0 atom stereocenters. The van der Waals surface area contributed by atoms with E-state index in [-0.39, 0.29) is 18.0 Å². The lowest BCUT2D eigenvalue weighted by Crippen LogP contribution is -2.27. The first kappa shape index (κ1) is 14.9. The Morgan fingerprint density at radius 3 is 1.77 bits per heavy atom. The van der Waals surface area contributed by atoms with E-state index in [1.807, 2.05) is 6.92 Å². The van der Waals surface area contributed by atoms with E-state index in [4.69, 9.17) is 4.74 Å². The molecule has 0 aromatic heterocycles. The number of rotatable bonds is 4. The summed E-state index contributed by atoms with van der Waals surface area (Å²) in [6.07, 6.45) is 0. The summed E-state index contributed by atoms with van der Waals surface area (Å²) in [5, 5.41) is 0. The summed E-state index contributed by atoms with van der Waals surface area (Å²) in [6.45, 7) is 10.6. The molecule has 3 N–H and O–H groups in total. The molecule has 80 valence electrons. The Hall–Kier alpha value is -0.570. The zero-order chi connectivity index (χ0) is 9.72. The normalized spacial score (nSPS) is 10.5. The maximum atomic E-state index is 11.4. The van der Waals surface area contributed by atoms with Crippen LogP contribution in [0.15, 0.2) is 0 Å². The molecule has 3 nitrogen and oxygen atoms in total. The molecule has 0 fully saturated rings. The average molecular weight is 189 g/mol. The SMILES string of the molecule is CCOC(=O)C(C(C)C)C(C)C.N. The number of hydrogen-bond acceptors (Lipinski definition) is 3. The van der Waals surface area contributed by atoms with Crippen LogP contribution >= 0.6 is 0 Å². The molecular weight excluding hydrogens is 166 g/mol. The van der Waals surface area contributed by atoms with Gasteiger partial charge in [-0.1, -0.05) is 27.7 Å². The van der Waals surface area contributed by atoms with Gasteiger partial charge in [-0.15, -0.1) is 0 Å². The molecule has 0 bridgehead atoms. The van der Waals surface area contributed by atoms with Gasteiger partial charge in [-0.3, -0.25) is 4.79 Å². The number of hydrogen-bond donors (Lipinski definition) is 1. The molecule has 0 spiro atoms. The van der Waals surface area contributed by atoms with E-state index in [2.05, 4.69) is 27.7 Å². The molecule has 0 rings (SSSR count). The number of carbonyl (C=O) groups is 1. The van der Waals surface area contributed by atoms with Gasteiger partial charge in [0.1, 0.15) is 0 Å². The van der Waals surface area contributed by atoms with Crippen LogP contribution in [0.1, 0.15) is 34.6 Å². The van der Waals surface area contributed by atoms with E-state index >= 15 is 0 Å². The van der Waals surface area contributed by atoms with E-state index in [1.54, 1.807) is 0 Å². The largest absolute Gasteiger partial charge is 0.466 e. The lowest BCUT2D eigenvalue weighted by molar-refractivity contribution is -0.151. The minimum Gasteiger partial charge on any atom is -0.466 e. The second-order valence-corrected chi connectivity index (χ2v) is 3.77. The van der Waals surface area contributed by atoms with Crippen molar-refractivity contribution >= 4 is 5.97 Å². The van der Waals surface area contributed by atoms with Crippen LogP contribution in [-0.2, 0) is 9.53 Å². The predicted octanol–water partition coefficient (Wildman–Crippen LogP) is 2.64. The summed E-state index contributed by atoms with van der Waals surface area (Å²) in [6, 6.07) is 0. The molecule has 0 amide bonds. The first-order chi connectivity index (χ1) is 5.50. The lowest BCUT2D eigenvalue weighted by atomic mass is 9.86. The van der Waals surface area contributed by atoms with Crippen LogP contribution in [0.25, 0.3) is 0 Å². The fourth-order valence-corrected chi connectivity index (χ4v) is 1.55. The van der Waals surface area contributed by atoms with Gasteiger partial charge >= 0.3 is 5.97 Å². The molecule has 0 aliphatic carbocycles. The summed E-state index contributed by atoms with van der Waals surface area (Å²) in [4.78, 5) is 11.4. The van der Waals surface area contributed by atoms with Crippen LogP contribution in [0.5, 0.6) is 0 Å². The summed E-state index contributed by atoms with van der Waals surface area (Å²) < 4.78 is 4.99. The Balaban J connectivity index is 0. The highest BCUT2D eigenvalue weighted by atomic mass is 16.5. The minimum atomic E-state index is -0.0532.